The van der Waals surface area contributed by atoms with Gasteiger partial charge < -0.3 is 19.0 Å². The molecule has 8 nitrogen and oxygen atoms in total. The molecule has 1 N–H and O–H groups in total. The van der Waals surface area contributed by atoms with Gasteiger partial charge in [-0.25, -0.2) is 5.43 Å². The van der Waals surface area contributed by atoms with E-state index in [1.807, 2.05) is 38.1 Å². The van der Waals surface area contributed by atoms with Gasteiger partial charge in [-0.1, -0.05) is 41.9 Å². The smallest absolute Gasteiger partial charge is 0.289 e. The Morgan fingerprint density at radius 3 is 2.81 bits per heavy atom. The fourth-order valence-corrected chi connectivity index (χ4v) is 5.19. The number of methoxy groups -OCH3 is 1. The Hall–Kier alpha value is -2.59. The highest BCUT2D eigenvalue weighted by atomic mass is 79.9. The van der Waals surface area contributed by atoms with Crippen LogP contribution in [-0.4, -0.2) is 31.7 Å². The highest BCUT2D eigenvalue weighted by Gasteiger charge is 2.41. The lowest BCUT2D eigenvalue weighted by Gasteiger charge is -2.20. The first-order valence-electron chi connectivity index (χ1n) is 9.40. The molecule has 0 aliphatic carbocycles. The highest BCUT2D eigenvalue weighted by Crippen LogP contribution is 2.55. The summed E-state index contributed by atoms with van der Waals surface area (Å²) in [6, 6.07) is 7.78. The van der Waals surface area contributed by atoms with Crippen LogP contribution in [0.25, 0.3) is 0 Å². The van der Waals surface area contributed by atoms with Gasteiger partial charge in [0.1, 0.15) is 0 Å². The minimum atomic E-state index is -0.548. The van der Waals surface area contributed by atoms with Gasteiger partial charge in [-0.3, -0.25) is 4.79 Å². The third kappa shape index (κ3) is 4.01. The average Bonchev–Trinajstić information content (AvgIpc) is 3.36. The molecule has 2 aromatic carbocycles. The SMILES string of the molecule is COc1c(Br)c(C2ON=C(C(=O)NN=Cc3cccc(C)c3)C2C)c(Br)c2c1OCO2. The summed E-state index contributed by atoms with van der Waals surface area (Å²) >= 11 is 7.14. The zero-order valence-electron chi connectivity index (χ0n) is 16.9. The lowest BCUT2D eigenvalue weighted by Crippen LogP contribution is -2.31. The van der Waals surface area contributed by atoms with Gasteiger partial charge in [0.15, 0.2) is 23.3 Å². The molecular weight excluding hydrogens is 534 g/mol. The number of nitrogens with zero attached hydrogens (tertiary/aromatic N) is 2. The van der Waals surface area contributed by atoms with E-state index in [4.69, 9.17) is 19.0 Å². The van der Waals surface area contributed by atoms with Crippen molar-refractivity contribution in [3.05, 3.63) is 49.9 Å². The molecule has 0 aromatic heterocycles. The molecule has 2 aliphatic rings. The van der Waals surface area contributed by atoms with Crippen LogP contribution < -0.4 is 19.6 Å². The largest absolute Gasteiger partial charge is 0.492 e. The highest BCUT2D eigenvalue weighted by molar-refractivity contribution is 9.11. The molecule has 2 aliphatic heterocycles. The van der Waals surface area contributed by atoms with E-state index in [1.165, 1.54) is 0 Å². The van der Waals surface area contributed by atoms with Gasteiger partial charge >= 0.3 is 0 Å². The van der Waals surface area contributed by atoms with Gasteiger partial charge in [0.2, 0.25) is 12.5 Å². The van der Waals surface area contributed by atoms with Gasteiger partial charge in [0.25, 0.3) is 5.91 Å². The number of hydrazone groups is 1. The molecule has 2 aromatic rings. The molecule has 0 spiro atoms. The molecular formula is C21H19Br2N3O5. The van der Waals surface area contributed by atoms with E-state index in [-0.39, 0.29) is 18.4 Å². The van der Waals surface area contributed by atoms with Crippen molar-refractivity contribution in [2.75, 3.05) is 13.9 Å². The van der Waals surface area contributed by atoms with Crippen LogP contribution in [0.15, 0.2) is 43.5 Å². The lowest BCUT2D eigenvalue weighted by molar-refractivity contribution is -0.115. The number of amides is 1. The minimum absolute atomic E-state index is 0.0877. The van der Waals surface area contributed by atoms with Crippen LogP contribution in [0.4, 0.5) is 0 Å². The Balaban J connectivity index is 1.53. The number of rotatable bonds is 5. The number of carbonyl (C=O) groups excluding carboxylic acids is 1. The summed E-state index contributed by atoms with van der Waals surface area (Å²) in [5, 5.41) is 8.05. The van der Waals surface area contributed by atoms with Crippen molar-refractivity contribution in [2.24, 2.45) is 16.2 Å². The third-order valence-corrected chi connectivity index (χ3v) is 6.56. The van der Waals surface area contributed by atoms with Gasteiger partial charge in [-0.2, -0.15) is 5.10 Å². The molecule has 2 atom stereocenters. The van der Waals surface area contributed by atoms with Gasteiger partial charge in [0, 0.05) is 5.56 Å². The number of ether oxygens (including phenoxy) is 3. The Bertz CT molecular complexity index is 1100. The zero-order chi connectivity index (χ0) is 22.1. The second kappa shape index (κ2) is 8.88. The minimum Gasteiger partial charge on any atom is -0.492 e. The van der Waals surface area contributed by atoms with Crippen molar-refractivity contribution < 1.29 is 23.8 Å². The van der Waals surface area contributed by atoms with Crippen LogP contribution in [0.1, 0.15) is 29.7 Å². The van der Waals surface area contributed by atoms with Crippen molar-refractivity contribution in [1.29, 1.82) is 0 Å². The van der Waals surface area contributed by atoms with Crippen molar-refractivity contribution in [3.63, 3.8) is 0 Å². The number of nitrogens with one attached hydrogen (secondary N) is 1. The summed E-state index contributed by atoms with van der Waals surface area (Å²) in [4.78, 5) is 18.3. The van der Waals surface area contributed by atoms with E-state index in [2.05, 4.69) is 47.5 Å². The van der Waals surface area contributed by atoms with Crippen LogP contribution in [0, 0.1) is 12.8 Å². The standard InChI is InChI=1S/C21H19Br2N3O5/c1-10-5-4-6-12(7-10)8-24-25-21(27)16-11(2)17(31-26-16)13-14(22)18(28-3)20-19(15(13)23)29-9-30-20/h4-8,11,17H,9H2,1-3H3,(H,25,27). The quantitative estimate of drug-likeness (QED) is 0.436. The Morgan fingerprint density at radius 2 is 2.06 bits per heavy atom. The first-order chi connectivity index (χ1) is 14.9. The maximum absolute atomic E-state index is 12.6. The van der Waals surface area contributed by atoms with Gasteiger partial charge in [0.05, 0.1) is 28.2 Å². The second-order valence-electron chi connectivity index (χ2n) is 7.04. The van der Waals surface area contributed by atoms with Crippen molar-refractivity contribution in [3.8, 4) is 17.2 Å². The summed E-state index contributed by atoms with van der Waals surface area (Å²) < 4.78 is 17.9. The number of fused-ring (bicyclic) bond motifs is 1. The molecule has 0 saturated heterocycles. The van der Waals surface area contributed by atoms with E-state index in [9.17, 15) is 4.79 Å². The van der Waals surface area contributed by atoms with E-state index in [1.54, 1.807) is 13.3 Å². The topological polar surface area (TPSA) is 90.7 Å². The maximum Gasteiger partial charge on any atom is 0.289 e. The molecule has 4 rings (SSSR count). The number of hydrogen-bond acceptors (Lipinski definition) is 7. The first kappa shape index (κ1) is 21.6. The maximum atomic E-state index is 12.6. The number of halogens is 2. The fraction of sp³-hybridized carbons (Fsp3) is 0.286. The molecule has 0 radical (unpaired) electrons. The monoisotopic (exact) mass is 551 g/mol. The van der Waals surface area contributed by atoms with Crippen LogP contribution in [-0.2, 0) is 9.63 Å². The summed E-state index contributed by atoms with van der Waals surface area (Å²) in [6.45, 7) is 3.93. The molecule has 2 unspecified atom stereocenters. The summed E-state index contributed by atoms with van der Waals surface area (Å²) in [5.74, 6) is 0.722. The number of oxime groups is 1. The zero-order valence-corrected chi connectivity index (χ0v) is 20.1. The Kier molecular flexibility index (Phi) is 6.19. The summed E-state index contributed by atoms with van der Waals surface area (Å²) in [7, 11) is 1.54. The normalized spacial score (nSPS) is 19.3. The predicted molar refractivity (Wildman–Crippen MR) is 122 cm³/mol. The molecule has 0 fully saturated rings. The lowest BCUT2D eigenvalue weighted by atomic mass is 9.93. The van der Waals surface area contributed by atoms with Crippen LogP contribution in [0.5, 0.6) is 17.2 Å². The molecule has 10 heteroatoms. The van der Waals surface area contributed by atoms with Crippen LogP contribution in [0.3, 0.4) is 0 Å². The summed E-state index contributed by atoms with van der Waals surface area (Å²) in [5.41, 5.74) is 5.46. The van der Waals surface area contributed by atoms with E-state index in [0.717, 1.165) is 11.1 Å². The Labute approximate surface area is 195 Å². The average molecular weight is 553 g/mol. The van der Waals surface area contributed by atoms with Crippen LogP contribution >= 0.6 is 31.9 Å². The molecule has 0 saturated carbocycles. The summed E-state index contributed by atoms with van der Waals surface area (Å²) in [6.07, 6.45) is 1.04. The number of benzene rings is 2. The molecule has 2 heterocycles. The molecule has 162 valence electrons. The molecule has 0 bridgehead atoms. The van der Waals surface area contributed by atoms with Gasteiger partial charge in [-0.05, 0) is 44.3 Å². The fourth-order valence-electron chi connectivity index (χ4n) is 3.44. The van der Waals surface area contributed by atoms with Gasteiger partial charge in [-0.15, -0.1) is 0 Å². The Morgan fingerprint density at radius 1 is 1.29 bits per heavy atom. The number of aryl methyl sites for hydroxylation is 1. The second-order valence-corrected chi connectivity index (χ2v) is 8.63. The van der Waals surface area contributed by atoms with Crippen molar-refractivity contribution >= 4 is 49.7 Å². The van der Waals surface area contributed by atoms with E-state index in [0.29, 0.717) is 31.8 Å². The number of carbonyl (C=O) groups is 1. The van der Waals surface area contributed by atoms with E-state index < -0.39 is 12.0 Å². The van der Waals surface area contributed by atoms with Crippen molar-refractivity contribution in [2.45, 2.75) is 20.0 Å². The first-order valence-corrected chi connectivity index (χ1v) is 11.0. The van der Waals surface area contributed by atoms with E-state index >= 15 is 0 Å². The predicted octanol–water partition coefficient (Wildman–Crippen LogP) is 4.47. The molecule has 1 amide bonds. The van der Waals surface area contributed by atoms with Crippen molar-refractivity contribution in [1.82, 2.24) is 5.43 Å². The third-order valence-electron chi connectivity index (χ3n) is 4.98. The number of hydrogen-bond donors (Lipinski definition) is 1. The molecule has 31 heavy (non-hydrogen) atoms. The van der Waals surface area contributed by atoms with Crippen LogP contribution in [0.2, 0.25) is 0 Å².